The number of ether oxygens (including phenoxy) is 1. The number of fused-ring (bicyclic) bond motifs is 3. The topological polar surface area (TPSA) is 214 Å². The average molecular weight is 580 g/mol. The molecule has 0 spiro atoms. The molecule has 3 aliphatic carbocycles. The monoisotopic (exact) mass is 579 g/mol. The van der Waals surface area contributed by atoms with Crippen molar-refractivity contribution in [1.82, 2.24) is 4.90 Å². The Morgan fingerprint density at radius 3 is 2.31 bits per heavy atom. The van der Waals surface area contributed by atoms with Gasteiger partial charge in [-0.15, -0.1) is 0 Å². The van der Waals surface area contributed by atoms with Gasteiger partial charge in [0.1, 0.15) is 23.5 Å². The Bertz CT molecular complexity index is 1520. The van der Waals surface area contributed by atoms with Crippen LogP contribution < -0.4 is 11.5 Å². The third-order valence-electron chi connectivity index (χ3n) is 8.93. The molecule has 1 amide bonds. The molecule has 8 atom stereocenters. The zero-order chi connectivity index (χ0) is 30.8. The molecule has 2 aromatic rings. The molecule has 0 radical (unpaired) electrons. The fraction of sp³-hybridized carbons (Fsp3) is 0.400. The Morgan fingerprint density at radius 1 is 1.07 bits per heavy atom. The molecule has 12 heteroatoms. The fourth-order valence-electron chi connectivity index (χ4n) is 7.04. The molecule has 2 aromatic carbocycles. The lowest BCUT2D eigenvalue weighted by atomic mass is 9.53. The second-order valence-corrected chi connectivity index (χ2v) is 11.5. The number of aliphatic hydroxyl groups excluding tert-OH is 2. The van der Waals surface area contributed by atoms with Crippen LogP contribution in [0, 0.1) is 17.8 Å². The molecule has 0 saturated heterocycles. The van der Waals surface area contributed by atoms with E-state index in [0.29, 0.717) is 16.8 Å². The van der Waals surface area contributed by atoms with Crippen LogP contribution in [-0.2, 0) is 25.5 Å². The van der Waals surface area contributed by atoms with E-state index in [1.807, 2.05) is 0 Å². The number of carbonyl (C=O) groups excluding carboxylic acids is 4. The summed E-state index contributed by atoms with van der Waals surface area (Å²) in [6.45, 7) is 1.70. The molecule has 0 aliphatic heterocycles. The number of nitrogens with two attached hydrogens (primary N) is 2. The van der Waals surface area contributed by atoms with Gasteiger partial charge in [0.25, 0.3) is 0 Å². The van der Waals surface area contributed by atoms with Crippen molar-refractivity contribution in [3.05, 3.63) is 70.5 Å². The quantitative estimate of drug-likeness (QED) is 0.160. The number of phenols is 1. The fourth-order valence-corrected chi connectivity index (χ4v) is 7.04. The van der Waals surface area contributed by atoms with E-state index in [2.05, 4.69) is 0 Å². The van der Waals surface area contributed by atoms with Gasteiger partial charge in [0.05, 0.1) is 24.0 Å². The van der Waals surface area contributed by atoms with E-state index in [1.54, 1.807) is 43.3 Å². The maximum absolute atomic E-state index is 13.9. The number of ketones is 2. The summed E-state index contributed by atoms with van der Waals surface area (Å²) in [7, 11) is 3.04. The third kappa shape index (κ3) is 4.17. The molecule has 42 heavy (non-hydrogen) atoms. The highest BCUT2D eigenvalue weighted by Crippen LogP contribution is 2.56. The number of hydrogen-bond donors (Lipinski definition) is 6. The van der Waals surface area contributed by atoms with Gasteiger partial charge in [0.15, 0.2) is 17.2 Å². The van der Waals surface area contributed by atoms with E-state index >= 15 is 0 Å². The lowest BCUT2D eigenvalue weighted by Crippen LogP contribution is -2.74. The first-order valence-electron chi connectivity index (χ1n) is 13.5. The zero-order valence-corrected chi connectivity index (χ0v) is 23.2. The lowest BCUT2D eigenvalue weighted by Gasteiger charge is -2.57. The Hall–Kier alpha value is -4.26. The third-order valence-corrected chi connectivity index (χ3v) is 8.93. The predicted octanol–water partition coefficient (Wildman–Crippen LogP) is 0.193. The van der Waals surface area contributed by atoms with Crippen LogP contribution >= 0.6 is 0 Å². The molecule has 3 aliphatic rings. The van der Waals surface area contributed by atoms with Gasteiger partial charge in [0.2, 0.25) is 5.91 Å². The summed E-state index contributed by atoms with van der Waals surface area (Å²) in [6, 6.07) is 9.68. The number of carbonyl (C=O) groups is 4. The summed E-state index contributed by atoms with van der Waals surface area (Å²) in [6.07, 6.45) is -3.42. The molecule has 1 fully saturated rings. The number of phenolic OH excluding ortho intramolecular Hbond substituents is 1. The minimum absolute atomic E-state index is 0.129. The molecule has 0 aromatic heterocycles. The number of nitrogen functional groups attached to an aromatic ring is 1. The SMILES string of the molecule is C[C@H]1c2cccc(O)c2C(=O)C2=C(O)[C@]3(O)C(=O)C(C(N)=O)C(O)[C@@H](N(C)C)[C@@H]3[C@@H](OC(=O)Cc3ccc(N)cc3)[C@@H]21. The van der Waals surface area contributed by atoms with Crippen molar-refractivity contribution in [2.75, 3.05) is 19.8 Å². The number of rotatable bonds is 5. The summed E-state index contributed by atoms with van der Waals surface area (Å²) in [4.78, 5) is 54.9. The summed E-state index contributed by atoms with van der Waals surface area (Å²) < 4.78 is 6.02. The van der Waals surface area contributed by atoms with Gasteiger partial charge in [-0.25, -0.2) is 0 Å². The molecule has 12 nitrogen and oxygen atoms in total. The van der Waals surface area contributed by atoms with Gasteiger partial charge >= 0.3 is 5.97 Å². The van der Waals surface area contributed by atoms with Crippen LogP contribution in [0.15, 0.2) is 53.8 Å². The van der Waals surface area contributed by atoms with Gasteiger partial charge in [-0.3, -0.25) is 19.2 Å². The molecule has 1 saturated carbocycles. The molecule has 8 N–H and O–H groups in total. The maximum atomic E-state index is 13.9. The zero-order valence-electron chi connectivity index (χ0n) is 23.2. The Balaban J connectivity index is 1.73. The van der Waals surface area contributed by atoms with Crippen molar-refractivity contribution in [1.29, 1.82) is 0 Å². The van der Waals surface area contributed by atoms with Crippen molar-refractivity contribution >= 4 is 29.1 Å². The standard InChI is InChI=1S/C30H33N3O9/c1-12-15-5-4-6-16(34)19(15)24(36)20-18(12)26(42-17(35)11-13-7-9-14(31)10-8-13)22-23(33(2)3)25(37)21(29(32)40)28(39)30(22,41)27(20)38/h4-10,12,18,21-23,25-26,34,37-38,41H,11,31H2,1-3H3,(H2,32,40)/t12-,18+,21?,22+,23-,25?,26-,30-/m0/s1. The van der Waals surface area contributed by atoms with Crippen molar-refractivity contribution in [3.63, 3.8) is 0 Å². The van der Waals surface area contributed by atoms with Gasteiger partial charge in [0, 0.05) is 23.2 Å². The molecule has 222 valence electrons. The normalized spacial score (nSPS) is 32.2. The van der Waals surface area contributed by atoms with Gasteiger partial charge in [-0.2, -0.15) is 0 Å². The number of aliphatic hydroxyl groups is 3. The van der Waals surface area contributed by atoms with Crippen LogP contribution in [0.4, 0.5) is 5.69 Å². The van der Waals surface area contributed by atoms with E-state index in [-0.39, 0.29) is 17.7 Å². The van der Waals surface area contributed by atoms with E-state index in [0.717, 1.165) is 0 Å². The Kier molecular flexibility index (Phi) is 7.12. The van der Waals surface area contributed by atoms with Crippen molar-refractivity contribution in [2.24, 2.45) is 23.5 Å². The Morgan fingerprint density at radius 2 is 1.71 bits per heavy atom. The highest BCUT2D eigenvalue weighted by atomic mass is 16.5. The molecular formula is C30H33N3O9. The molecule has 0 bridgehead atoms. The number of anilines is 1. The first kappa shape index (κ1) is 29.2. The molecular weight excluding hydrogens is 546 g/mol. The number of aromatic hydroxyl groups is 1. The number of primary amides is 1. The van der Waals surface area contributed by atoms with Crippen molar-refractivity contribution < 1.29 is 44.3 Å². The summed E-state index contributed by atoms with van der Waals surface area (Å²) in [5, 5.41) is 45.6. The van der Waals surface area contributed by atoms with Gasteiger partial charge in [-0.1, -0.05) is 31.2 Å². The van der Waals surface area contributed by atoms with Crippen LogP contribution in [0.5, 0.6) is 5.75 Å². The van der Waals surface area contributed by atoms with Crippen LogP contribution in [0.25, 0.3) is 0 Å². The Labute approximate surface area is 241 Å². The minimum atomic E-state index is -2.94. The molecule has 0 heterocycles. The number of esters is 1. The van der Waals surface area contributed by atoms with Crippen LogP contribution in [-0.4, -0.2) is 86.7 Å². The predicted molar refractivity (Wildman–Crippen MR) is 148 cm³/mol. The van der Waals surface area contributed by atoms with Crippen LogP contribution in [0.1, 0.15) is 34.3 Å². The number of benzene rings is 2. The number of nitrogens with zero attached hydrogens (tertiary/aromatic N) is 1. The minimum Gasteiger partial charge on any atom is -0.508 e. The smallest absolute Gasteiger partial charge is 0.310 e. The second-order valence-electron chi connectivity index (χ2n) is 11.5. The molecule has 5 rings (SSSR count). The summed E-state index contributed by atoms with van der Waals surface area (Å²) in [5.41, 5.74) is 9.17. The van der Waals surface area contributed by atoms with Crippen molar-refractivity contribution in [3.8, 4) is 5.75 Å². The largest absolute Gasteiger partial charge is 0.508 e. The summed E-state index contributed by atoms with van der Waals surface area (Å²) >= 11 is 0. The second kappa shape index (κ2) is 10.2. The first-order chi connectivity index (χ1) is 19.7. The van der Waals surface area contributed by atoms with E-state index in [4.69, 9.17) is 16.2 Å². The summed E-state index contributed by atoms with van der Waals surface area (Å²) in [5.74, 6) is -10.8. The highest BCUT2D eigenvalue weighted by molar-refractivity contribution is 6.16. The highest BCUT2D eigenvalue weighted by Gasteiger charge is 2.70. The maximum Gasteiger partial charge on any atom is 0.310 e. The van der Waals surface area contributed by atoms with Crippen molar-refractivity contribution in [2.45, 2.75) is 43.1 Å². The first-order valence-corrected chi connectivity index (χ1v) is 13.5. The number of Topliss-reactive ketones (excluding diaryl/α,β-unsaturated/α-hetero) is 2. The lowest BCUT2D eigenvalue weighted by molar-refractivity contribution is -0.203. The van der Waals surface area contributed by atoms with Gasteiger partial charge < -0.3 is 41.5 Å². The number of amides is 1. The van der Waals surface area contributed by atoms with Crippen LogP contribution in [0.2, 0.25) is 0 Å². The van der Waals surface area contributed by atoms with Crippen LogP contribution in [0.3, 0.4) is 0 Å². The average Bonchev–Trinajstić information content (AvgIpc) is 2.91. The number of hydrogen-bond acceptors (Lipinski definition) is 11. The van der Waals surface area contributed by atoms with E-state index in [9.17, 15) is 39.6 Å². The van der Waals surface area contributed by atoms with Gasteiger partial charge in [-0.05, 0) is 49.3 Å². The van der Waals surface area contributed by atoms with E-state index < -0.39 is 82.3 Å². The molecule has 2 unspecified atom stereocenters. The van der Waals surface area contributed by atoms with E-state index in [1.165, 1.54) is 25.1 Å². The number of likely N-dealkylation sites (N-methyl/N-ethyl adjacent to an activating group) is 1.